The Balaban J connectivity index is 1.42. The first-order valence-corrected chi connectivity index (χ1v) is 10.9. The van der Waals surface area contributed by atoms with E-state index in [1.165, 1.54) is 12.1 Å². The van der Waals surface area contributed by atoms with Crippen molar-refractivity contribution in [2.45, 2.75) is 19.8 Å². The lowest BCUT2D eigenvalue weighted by atomic mass is 10.1. The molecule has 6 nitrogen and oxygen atoms in total. The fraction of sp³-hybridized carbons (Fsp3) is 0.417. The first-order chi connectivity index (χ1) is 15.7. The Labute approximate surface area is 190 Å². The van der Waals surface area contributed by atoms with Crippen LogP contribution in [0.2, 0.25) is 0 Å². The predicted molar refractivity (Wildman–Crippen MR) is 120 cm³/mol. The summed E-state index contributed by atoms with van der Waals surface area (Å²) in [5.74, 6) is 0.587. The third-order valence-electron chi connectivity index (χ3n) is 5.91. The summed E-state index contributed by atoms with van der Waals surface area (Å²) in [7, 11) is 2.13. The van der Waals surface area contributed by atoms with Crippen LogP contribution >= 0.6 is 0 Å². The minimum atomic E-state index is -4.72. The number of fused-ring (bicyclic) bond motifs is 1. The largest absolute Gasteiger partial charge is 0.573 e. The van der Waals surface area contributed by atoms with Crippen LogP contribution in [0.15, 0.2) is 42.6 Å². The average molecular weight is 464 g/mol. The number of ether oxygens (including phenoxy) is 2. The molecule has 0 saturated carbocycles. The number of benzene rings is 2. The second-order valence-electron chi connectivity index (χ2n) is 8.47. The van der Waals surface area contributed by atoms with E-state index in [0.717, 1.165) is 60.4 Å². The molecule has 1 aliphatic rings. The van der Waals surface area contributed by atoms with Crippen LogP contribution in [0.5, 0.6) is 17.4 Å². The number of halogens is 3. The molecular formula is C24H28F3N3O3. The number of likely N-dealkylation sites (N-methyl/N-ethyl adjacent to an activating group) is 1. The van der Waals surface area contributed by atoms with Crippen molar-refractivity contribution in [3.8, 4) is 17.4 Å². The molecule has 0 unspecified atom stereocenters. The number of aromatic hydroxyl groups is 1. The maximum atomic E-state index is 12.3. The molecule has 0 bridgehead atoms. The van der Waals surface area contributed by atoms with Crippen LogP contribution in [0.3, 0.4) is 0 Å². The fourth-order valence-electron chi connectivity index (χ4n) is 4.12. The predicted octanol–water partition coefficient (Wildman–Crippen LogP) is 4.23. The summed E-state index contributed by atoms with van der Waals surface area (Å²) in [6, 6.07) is 9.44. The number of alkyl halides is 3. The third-order valence-corrected chi connectivity index (χ3v) is 5.91. The van der Waals surface area contributed by atoms with Gasteiger partial charge in [-0.2, -0.15) is 0 Å². The summed E-state index contributed by atoms with van der Waals surface area (Å²) in [5, 5.41) is 12.3. The summed E-state index contributed by atoms with van der Waals surface area (Å²) in [6.07, 6.45) is -2.90. The van der Waals surface area contributed by atoms with E-state index in [0.29, 0.717) is 13.2 Å². The van der Waals surface area contributed by atoms with Gasteiger partial charge < -0.3 is 24.0 Å². The molecule has 1 N–H and O–H groups in total. The average Bonchev–Trinajstić information content (AvgIpc) is 3.05. The Morgan fingerprint density at radius 1 is 1.00 bits per heavy atom. The van der Waals surface area contributed by atoms with Crippen LogP contribution in [0.4, 0.5) is 13.2 Å². The molecule has 3 aromatic rings. The topological polar surface area (TPSA) is 50.1 Å². The van der Waals surface area contributed by atoms with Crippen molar-refractivity contribution in [3.05, 3.63) is 53.7 Å². The minimum absolute atomic E-state index is 0.113. The number of nitrogens with zero attached hydrogens (tertiary/aromatic N) is 3. The molecule has 2 aromatic carbocycles. The molecular weight excluding hydrogens is 435 g/mol. The number of hydrogen-bond acceptors (Lipinski definition) is 5. The Kier molecular flexibility index (Phi) is 6.71. The Morgan fingerprint density at radius 2 is 1.70 bits per heavy atom. The molecule has 0 radical (unpaired) electrons. The summed E-state index contributed by atoms with van der Waals surface area (Å²) >= 11 is 0. The van der Waals surface area contributed by atoms with Gasteiger partial charge in [-0.1, -0.05) is 12.1 Å². The molecule has 2 heterocycles. The smallest absolute Gasteiger partial charge is 0.494 e. The number of aromatic nitrogens is 1. The van der Waals surface area contributed by atoms with Crippen molar-refractivity contribution < 1.29 is 27.8 Å². The molecule has 0 atom stereocenters. The van der Waals surface area contributed by atoms with Crippen molar-refractivity contribution in [2.24, 2.45) is 0 Å². The van der Waals surface area contributed by atoms with Gasteiger partial charge in [-0.3, -0.25) is 4.90 Å². The van der Waals surface area contributed by atoms with E-state index in [9.17, 15) is 18.3 Å². The molecule has 0 aliphatic carbocycles. The zero-order valence-electron chi connectivity index (χ0n) is 18.7. The maximum Gasteiger partial charge on any atom is 0.573 e. The van der Waals surface area contributed by atoms with Gasteiger partial charge >= 0.3 is 6.36 Å². The van der Waals surface area contributed by atoms with Crippen LogP contribution in [-0.4, -0.2) is 72.2 Å². The minimum Gasteiger partial charge on any atom is -0.494 e. The maximum absolute atomic E-state index is 12.3. The van der Waals surface area contributed by atoms with E-state index in [1.54, 1.807) is 16.7 Å². The molecule has 1 aromatic heterocycles. The summed E-state index contributed by atoms with van der Waals surface area (Å²) in [6.45, 7) is 7.90. The van der Waals surface area contributed by atoms with E-state index < -0.39 is 6.36 Å². The van der Waals surface area contributed by atoms with Gasteiger partial charge in [-0.25, -0.2) is 0 Å². The Bertz CT molecular complexity index is 1090. The van der Waals surface area contributed by atoms with E-state index in [-0.39, 0.29) is 11.6 Å². The zero-order valence-corrected chi connectivity index (χ0v) is 18.7. The van der Waals surface area contributed by atoms with Gasteiger partial charge in [0.1, 0.15) is 18.1 Å². The van der Waals surface area contributed by atoms with Crippen LogP contribution in [0.1, 0.15) is 11.1 Å². The van der Waals surface area contributed by atoms with Gasteiger partial charge in [0.2, 0.25) is 0 Å². The van der Waals surface area contributed by atoms with Gasteiger partial charge in [-0.15, -0.1) is 13.2 Å². The van der Waals surface area contributed by atoms with Crippen molar-refractivity contribution in [1.29, 1.82) is 0 Å². The van der Waals surface area contributed by atoms with Crippen molar-refractivity contribution in [1.82, 2.24) is 14.4 Å². The molecule has 178 valence electrons. The lowest BCUT2D eigenvalue weighted by Crippen LogP contribution is -2.45. The second-order valence-corrected chi connectivity index (χ2v) is 8.47. The fourth-order valence-corrected chi connectivity index (χ4v) is 4.12. The third kappa shape index (κ3) is 5.91. The quantitative estimate of drug-likeness (QED) is 0.569. The van der Waals surface area contributed by atoms with E-state index in [2.05, 4.69) is 21.6 Å². The van der Waals surface area contributed by atoms with Gasteiger partial charge in [0.15, 0.2) is 5.88 Å². The molecule has 33 heavy (non-hydrogen) atoms. The number of aryl methyl sites for hydroxylation is 1. The number of hydrogen-bond donors (Lipinski definition) is 1. The second kappa shape index (κ2) is 9.52. The van der Waals surface area contributed by atoms with E-state index in [4.69, 9.17) is 4.74 Å². The van der Waals surface area contributed by atoms with Gasteiger partial charge in [0.25, 0.3) is 0 Å². The highest BCUT2D eigenvalue weighted by Crippen LogP contribution is 2.34. The monoisotopic (exact) mass is 463 g/mol. The van der Waals surface area contributed by atoms with Crippen molar-refractivity contribution >= 4 is 10.8 Å². The van der Waals surface area contributed by atoms with Crippen LogP contribution in [-0.2, 0) is 6.54 Å². The van der Waals surface area contributed by atoms with Crippen LogP contribution in [0.25, 0.3) is 10.8 Å². The van der Waals surface area contributed by atoms with Gasteiger partial charge in [-0.05, 0) is 49.4 Å². The first-order valence-electron chi connectivity index (χ1n) is 10.9. The lowest BCUT2D eigenvalue weighted by Gasteiger charge is -2.32. The van der Waals surface area contributed by atoms with E-state index in [1.807, 2.05) is 25.3 Å². The Hall–Kier alpha value is -2.91. The summed E-state index contributed by atoms with van der Waals surface area (Å²) < 4.78 is 48.6. The van der Waals surface area contributed by atoms with Crippen LogP contribution < -0.4 is 9.47 Å². The molecule has 9 heteroatoms. The normalized spacial score (nSPS) is 15.8. The zero-order chi connectivity index (χ0) is 23.6. The van der Waals surface area contributed by atoms with E-state index >= 15 is 0 Å². The molecule has 1 fully saturated rings. The lowest BCUT2D eigenvalue weighted by molar-refractivity contribution is -0.274. The highest BCUT2D eigenvalue weighted by molar-refractivity contribution is 5.92. The molecule has 0 amide bonds. The summed E-state index contributed by atoms with van der Waals surface area (Å²) in [5.41, 5.74) is 1.63. The molecule has 1 aliphatic heterocycles. The van der Waals surface area contributed by atoms with Crippen molar-refractivity contribution in [3.63, 3.8) is 0 Å². The highest BCUT2D eigenvalue weighted by Gasteiger charge is 2.31. The van der Waals surface area contributed by atoms with Crippen LogP contribution in [0, 0.1) is 6.92 Å². The standard InChI is InChI=1S/C24H28F3N3O3/c1-17-13-21(32-12-11-29-9-7-28(2)8-10-29)14-19-16-30(23(31)22(17)19)15-18-3-5-20(6-4-18)33-24(25,26)27/h3-6,13-14,16,31H,7-12,15H2,1-2H3. The Morgan fingerprint density at radius 3 is 2.36 bits per heavy atom. The number of rotatable bonds is 7. The number of piperazine rings is 1. The highest BCUT2D eigenvalue weighted by atomic mass is 19.4. The van der Waals surface area contributed by atoms with Gasteiger partial charge in [0.05, 0.1) is 6.54 Å². The summed E-state index contributed by atoms with van der Waals surface area (Å²) in [4.78, 5) is 4.70. The van der Waals surface area contributed by atoms with Crippen molar-refractivity contribution in [2.75, 3.05) is 46.4 Å². The molecule has 1 saturated heterocycles. The first kappa shape index (κ1) is 23.3. The SMILES string of the molecule is Cc1cc(OCCN2CCN(C)CC2)cc2cn(Cc3ccc(OC(F)(F)F)cc3)c(O)c12. The van der Waals surface area contributed by atoms with Gasteiger partial charge in [0, 0.05) is 49.7 Å². The molecule has 0 spiro atoms. The molecule has 4 rings (SSSR count).